The summed E-state index contributed by atoms with van der Waals surface area (Å²) in [6.07, 6.45) is 2.29. The van der Waals surface area contributed by atoms with Crippen molar-refractivity contribution in [2.24, 2.45) is 5.41 Å². The van der Waals surface area contributed by atoms with Crippen molar-refractivity contribution in [1.82, 2.24) is 10.6 Å². The maximum Gasteiger partial charge on any atom is 0.315 e. The smallest absolute Gasteiger partial charge is 0.315 e. The molecule has 0 bridgehead atoms. The molecule has 0 saturated carbocycles. The molecule has 6 heteroatoms. The number of nitrogens with one attached hydrogen (secondary N) is 2. The highest BCUT2D eigenvalue weighted by molar-refractivity contribution is 5.74. The molecule has 0 aromatic carbocycles. The minimum Gasteiger partial charge on any atom is -0.481 e. The highest BCUT2D eigenvalue weighted by atomic mass is 16.5. The zero-order valence-electron chi connectivity index (χ0n) is 12.6. The Labute approximate surface area is 120 Å². The maximum absolute atomic E-state index is 11.7. The predicted molar refractivity (Wildman–Crippen MR) is 75.6 cm³/mol. The molecule has 1 fully saturated rings. The van der Waals surface area contributed by atoms with Crippen LogP contribution in [0.2, 0.25) is 0 Å². The van der Waals surface area contributed by atoms with E-state index in [2.05, 4.69) is 31.4 Å². The molecule has 2 atom stereocenters. The molecule has 0 aromatic heterocycles. The molecule has 1 rings (SSSR count). The third-order valence-corrected chi connectivity index (χ3v) is 3.44. The lowest BCUT2D eigenvalue weighted by molar-refractivity contribution is -0.137. The molecule has 0 spiro atoms. The fourth-order valence-electron chi connectivity index (χ4n) is 2.21. The Kier molecular flexibility index (Phi) is 6.26. The Balaban J connectivity index is 2.26. The highest BCUT2D eigenvalue weighted by Crippen LogP contribution is 2.29. The molecule has 20 heavy (non-hydrogen) atoms. The van der Waals surface area contributed by atoms with E-state index >= 15 is 0 Å². The first-order valence-electron chi connectivity index (χ1n) is 7.17. The van der Waals surface area contributed by atoms with Gasteiger partial charge in [0.15, 0.2) is 0 Å². The van der Waals surface area contributed by atoms with Crippen LogP contribution in [0.5, 0.6) is 0 Å². The number of carbonyl (C=O) groups excluding carboxylic acids is 1. The Bertz CT molecular complexity index is 339. The van der Waals surface area contributed by atoms with Crippen LogP contribution >= 0.6 is 0 Å². The highest BCUT2D eigenvalue weighted by Gasteiger charge is 2.32. The summed E-state index contributed by atoms with van der Waals surface area (Å²) >= 11 is 0. The third kappa shape index (κ3) is 6.23. The number of carbonyl (C=O) groups is 2. The van der Waals surface area contributed by atoms with E-state index < -0.39 is 5.97 Å². The quantitative estimate of drug-likeness (QED) is 0.672. The third-order valence-electron chi connectivity index (χ3n) is 3.44. The molecular formula is C14H26N2O4. The number of ether oxygens (including phenoxy) is 1. The molecule has 2 unspecified atom stereocenters. The monoisotopic (exact) mass is 286 g/mol. The van der Waals surface area contributed by atoms with Crippen LogP contribution in [0.4, 0.5) is 4.79 Å². The molecule has 2 amide bonds. The van der Waals surface area contributed by atoms with E-state index in [-0.39, 0.29) is 30.0 Å². The normalized spacial score (nSPS) is 23.1. The van der Waals surface area contributed by atoms with Crippen molar-refractivity contribution in [3.63, 3.8) is 0 Å². The van der Waals surface area contributed by atoms with Crippen molar-refractivity contribution in [1.29, 1.82) is 0 Å². The summed E-state index contributed by atoms with van der Waals surface area (Å²) in [6, 6.07) is -0.109. The van der Waals surface area contributed by atoms with E-state index in [0.29, 0.717) is 19.6 Å². The van der Waals surface area contributed by atoms with Gasteiger partial charge >= 0.3 is 12.0 Å². The second-order valence-electron chi connectivity index (χ2n) is 6.34. The standard InChI is InChI=1S/C14H26N2O4/c1-14(2,3)11-9-10(6-8-20-11)16-13(19)15-7-4-5-12(17)18/h10-11H,4-9H2,1-3H3,(H,17,18)(H2,15,16,19). The molecule has 1 saturated heterocycles. The fourth-order valence-corrected chi connectivity index (χ4v) is 2.21. The summed E-state index contributed by atoms with van der Waals surface area (Å²) in [5, 5.41) is 14.1. The fraction of sp³-hybridized carbons (Fsp3) is 0.857. The Morgan fingerprint density at radius 1 is 1.35 bits per heavy atom. The van der Waals surface area contributed by atoms with Crippen molar-refractivity contribution in [2.45, 2.75) is 58.6 Å². The zero-order chi connectivity index (χ0) is 15.2. The summed E-state index contributed by atoms with van der Waals surface area (Å²) < 4.78 is 5.74. The van der Waals surface area contributed by atoms with Gasteiger partial charge in [-0.1, -0.05) is 20.8 Å². The summed E-state index contributed by atoms with van der Waals surface area (Å²) in [4.78, 5) is 22.1. The van der Waals surface area contributed by atoms with Crippen molar-refractivity contribution in [3.05, 3.63) is 0 Å². The molecule has 3 N–H and O–H groups in total. The number of urea groups is 1. The van der Waals surface area contributed by atoms with Gasteiger partial charge in [0.2, 0.25) is 0 Å². The topological polar surface area (TPSA) is 87.7 Å². The lowest BCUT2D eigenvalue weighted by Crippen LogP contribution is -2.48. The van der Waals surface area contributed by atoms with Gasteiger partial charge in [0.1, 0.15) is 0 Å². The number of hydrogen-bond donors (Lipinski definition) is 3. The number of rotatable bonds is 5. The van der Waals surface area contributed by atoms with Gasteiger partial charge in [-0.15, -0.1) is 0 Å². The SMILES string of the molecule is CC(C)(C)C1CC(NC(=O)NCCCC(=O)O)CCO1. The van der Waals surface area contributed by atoms with Gasteiger partial charge < -0.3 is 20.5 Å². The van der Waals surface area contributed by atoms with Crippen molar-refractivity contribution >= 4 is 12.0 Å². The van der Waals surface area contributed by atoms with Crippen LogP contribution in [-0.2, 0) is 9.53 Å². The van der Waals surface area contributed by atoms with Gasteiger partial charge in [0.05, 0.1) is 6.10 Å². The van der Waals surface area contributed by atoms with Crippen LogP contribution in [0.1, 0.15) is 46.5 Å². The van der Waals surface area contributed by atoms with Crippen LogP contribution in [0.3, 0.4) is 0 Å². The summed E-state index contributed by atoms with van der Waals surface area (Å²) in [7, 11) is 0. The molecule has 1 aliphatic rings. The van der Waals surface area contributed by atoms with E-state index in [0.717, 1.165) is 12.8 Å². The molecule has 0 radical (unpaired) electrons. The van der Waals surface area contributed by atoms with Crippen molar-refractivity contribution in [3.8, 4) is 0 Å². The lowest BCUT2D eigenvalue weighted by Gasteiger charge is -2.37. The summed E-state index contributed by atoms with van der Waals surface area (Å²) in [5.41, 5.74) is 0.0678. The minimum absolute atomic E-state index is 0.0678. The number of hydrogen-bond acceptors (Lipinski definition) is 3. The van der Waals surface area contributed by atoms with Gasteiger partial charge in [-0.2, -0.15) is 0 Å². The summed E-state index contributed by atoms with van der Waals surface area (Å²) in [6.45, 7) is 7.43. The molecule has 1 aliphatic heterocycles. The Morgan fingerprint density at radius 2 is 2.05 bits per heavy atom. The second kappa shape index (κ2) is 7.47. The number of carboxylic acids is 1. The summed E-state index contributed by atoms with van der Waals surface area (Å²) in [5.74, 6) is -0.843. The van der Waals surface area contributed by atoms with E-state index in [4.69, 9.17) is 9.84 Å². The van der Waals surface area contributed by atoms with Crippen LogP contribution < -0.4 is 10.6 Å². The lowest BCUT2D eigenvalue weighted by atomic mass is 9.83. The number of aliphatic carboxylic acids is 1. The average molecular weight is 286 g/mol. The maximum atomic E-state index is 11.7. The molecule has 1 heterocycles. The van der Waals surface area contributed by atoms with Crippen LogP contribution in [0.25, 0.3) is 0 Å². The molecule has 6 nitrogen and oxygen atoms in total. The molecule has 0 aliphatic carbocycles. The number of amides is 2. The van der Waals surface area contributed by atoms with E-state index in [1.807, 2.05) is 0 Å². The Hall–Kier alpha value is -1.30. The van der Waals surface area contributed by atoms with E-state index in [1.165, 1.54) is 0 Å². The molecule has 116 valence electrons. The van der Waals surface area contributed by atoms with Crippen LogP contribution in [-0.4, -0.2) is 42.4 Å². The van der Waals surface area contributed by atoms with Crippen molar-refractivity contribution < 1.29 is 19.4 Å². The first kappa shape index (κ1) is 16.8. The van der Waals surface area contributed by atoms with Gasteiger partial charge in [-0.25, -0.2) is 4.79 Å². The first-order valence-corrected chi connectivity index (χ1v) is 7.17. The van der Waals surface area contributed by atoms with Gasteiger partial charge in [0.25, 0.3) is 0 Å². The molecule has 0 aromatic rings. The zero-order valence-corrected chi connectivity index (χ0v) is 12.6. The number of carboxylic acid groups (broad SMARTS) is 1. The minimum atomic E-state index is -0.843. The van der Waals surface area contributed by atoms with Crippen LogP contribution in [0, 0.1) is 5.41 Å². The van der Waals surface area contributed by atoms with Gasteiger partial charge in [-0.3, -0.25) is 4.79 Å². The van der Waals surface area contributed by atoms with E-state index in [1.54, 1.807) is 0 Å². The molecular weight excluding hydrogens is 260 g/mol. The second-order valence-corrected chi connectivity index (χ2v) is 6.34. The average Bonchev–Trinajstić information content (AvgIpc) is 2.34. The Morgan fingerprint density at radius 3 is 2.65 bits per heavy atom. The largest absolute Gasteiger partial charge is 0.481 e. The first-order chi connectivity index (χ1) is 9.29. The van der Waals surface area contributed by atoms with Gasteiger partial charge in [0, 0.05) is 25.6 Å². The van der Waals surface area contributed by atoms with Crippen LogP contribution in [0.15, 0.2) is 0 Å². The van der Waals surface area contributed by atoms with Gasteiger partial charge in [-0.05, 0) is 24.7 Å². The van der Waals surface area contributed by atoms with Crippen molar-refractivity contribution in [2.75, 3.05) is 13.2 Å². The van der Waals surface area contributed by atoms with E-state index in [9.17, 15) is 9.59 Å². The predicted octanol–water partition coefficient (Wildman–Crippen LogP) is 1.74.